The van der Waals surface area contributed by atoms with Crippen molar-refractivity contribution in [3.63, 3.8) is 0 Å². The first kappa shape index (κ1) is 13.7. The topological polar surface area (TPSA) is 47.7 Å². The van der Waals surface area contributed by atoms with Gasteiger partial charge in [0.1, 0.15) is 17.1 Å². The van der Waals surface area contributed by atoms with E-state index >= 15 is 0 Å². The zero-order valence-corrected chi connectivity index (χ0v) is 12.6. The van der Waals surface area contributed by atoms with Gasteiger partial charge < -0.3 is 15.2 Å². The molecule has 4 heteroatoms. The average molecular weight is 276 g/mol. The van der Waals surface area contributed by atoms with Crippen LogP contribution in [0.2, 0.25) is 0 Å². The summed E-state index contributed by atoms with van der Waals surface area (Å²) in [6.45, 7) is 6.54. The number of likely N-dealkylation sites (tertiary alicyclic amines) is 1. The second-order valence-electron chi connectivity index (χ2n) is 6.31. The van der Waals surface area contributed by atoms with Gasteiger partial charge in [0.25, 0.3) is 0 Å². The van der Waals surface area contributed by atoms with Crippen molar-refractivity contribution >= 4 is 0 Å². The molecule has 1 saturated heterocycles. The number of benzene rings is 1. The van der Waals surface area contributed by atoms with E-state index in [1.807, 2.05) is 18.2 Å². The molecule has 1 aromatic rings. The molecule has 2 aliphatic rings. The number of rotatable bonds is 2. The molecule has 4 nitrogen and oxygen atoms in total. The average Bonchev–Trinajstić information content (AvgIpc) is 2.82. The fraction of sp³-hybridized carbons (Fsp3) is 0.625. The first-order chi connectivity index (χ1) is 9.53. The third-order valence-corrected chi connectivity index (χ3v) is 4.61. The standard InChI is InChI=1S/C16H24N2O2/c1-11(2)18-7-6-16(10-18)9-14(17)13-8-12(19-3)4-5-15(13)20-16/h4-5,8,11,14H,6-7,9-10,17H2,1-3H3. The molecule has 2 unspecified atom stereocenters. The van der Waals surface area contributed by atoms with Gasteiger partial charge in [-0.25, -0.2) is 0 Å². The molecule has 2 aliphatic heterocycles. The first-order valence-electron chi connectivity index (χ1n) is 7.39. The Labute approximate surface area is 120 Å². The molecule has 1 aromatic carbocycles. The van der Waals surface area contributed by atoms with E-state index in [-0.39, 0.29) is 11.6 Å². The fourth-order valence-corrected chi connectivity index (χ4v) is 3.39. The number of methoxy groups -OCH3 is 1. The summed E-state index contributed by atoms with van der Waals surface area (Å²) in [4.78, 5) is 2.47. The van der Waals surface area contributed by atoms with Crippen LogP contribution in [-0.2, 0) is 0 Å². The van der Waals surface area contributed by atoms with Crippen molar-refractivity contribution in [2.75, 3.05) is 20.2 Å². The maximum Gasteiger partial charge on any atom is 0.125 e. The lowest BCUT2D eigenvalue weighted by Crippen LogP contribution is -2.46. The molecule has 2 N–H and O–H groups in total. The minimum atomic E-state index is -0.106. The highest BCUT2D eigenvalue weighted by atomic mass is 16.5. The summed E-state index contributed by atoms with van der Waals surface area (Å²) >= 11 is 0. The largest absolute Gasteiger partial charge is 0.497 e. The number of ether oxygens (including phenoxy) is 2. The van der Waals surface area contributed by atoms with E-state index in [1.165, 1.54) is 0 Å². The maximum absolute atomic E-state index is 6.39. The zero-order chi connectivity index (χ0) is 14.3. The van der Waals surface area contributed by atoms with Gasteiger partial charge in [0.05, 0.1) is 7.11 Å². The molecule has 110 valence electrons. The second kappa shape index (κ2) is 4.93. The molecule has 0 bridgehead atoms. The third-order valence-electron chi connectivity index (χ3n) is 4.61. The van der Waals surface area contributed by atoms with Crippen LogP contribution in [0, 0.1) is 0 Å². The third kappa shape index (κ3) is 2.27. The van der Waals surface area contributed by atoms with Crippen LogP contribution < -0.4 is 15.2 Å². The monoisotopic (exact) mass is 276 g/mol. The summed E-state index contributed by atoms with van der Waals surface area (Å²) in [6.07, 6.45) is 1.95. The van der Waals surface area contributed by atoms with Crippen LogP contribution in [0.15, 0.2) is 18.2 Å². The summed E-state index contributed by atoms with van der Waals surface area (Å²) in [5, 5.41) is 0. The lowest BCUT2D eigenvalue weighted by atomic mass is 9.87. The van der Waals surface area contributed by atoms with E-state index in [9.17, 15) is 0 Å². The Morgan fingerprint density at radius 2 is 2.25 bits per heavy atom. The van der Waals surface area contributed by atoms with Crippen molar-refractivity contribution in [2.24, 2.45) is 5.73 Å². The van der Waals surface area contributed by atoms with Crippen molar-refractivity contribution in [1.29, 1.82) is 0 Å². The molecule has 1 spiro atoms. The van der Waals surface area contributed by atoms with Crippen LogP contribution in [0.1, 0.15) is 38.3 Å². The molecule has 0 aromatic heterocycles. The summed E-state index contributed by atoms with van der Waals surface area (Å²) in [5.41, 5.74) is 7.35. The fourth-order valence-electron chi connectivity index (χ4n) is 3.39. The van der Waals surface area contributed by atoms with Crippen molar-refractivity contribution in [3.05, 3.63) is 23.8 Å². The number of hydrogen-bond donors (Lipinski definition) is 1. The van der Waals surface area contributed by atoms with Crippen molar-refractivity contribution in [3.8, 4) is 11.5 Å². The summed E-state index contributed by atoms with van der Waals surface area (Å²) in [7, 11) is 1.68. The van der Waals surface area contributed by atoms with Gasteiger partial charge in [-0.3, -0.25) is 4.90 Å². The summed E-state index contributed by atoms with van der Waals surface area (Å²) in [6, 6.07) is 6.53. The molecule has 0 radical (unpaired) electrons. The molecule has 2 heterocycles. The Kier molecular flexibility index (Phi) is 3.38. The van der Waals surface area contributed by atoms with Gasteiger partial charge in [0, 0.05) is 43.6 Å². The maximum atomic E-state index is 6.39. The smallest absolute Gasteiger partial charge is 0.125 e. The Balaban J connectivity index is 1.86. The Hall–Kier alpha value is -1.26. The highest BCUT2D eigenvalue weighted by Gasteiger charge is 2.45. The van der Waals surface area contributed by atoms with Crippen LogP contribution in [0.5, 0.6) is 11.5 Å². The number of nitrogens with zero attached hydrogens (tertiary/aromatic N) is 1. The van der Waals surface area contributed by atoms with E-state index in [4.69, 9.17) is 15.2 Å². The van der Waals surface area contributed by atoms with Gasteiger partial charge in [0.15, 0.2) is 0 Å². The minimum Gasteiger partial charge on any atom is -0.497 e. The first-order valence-corrected chi connectivity index (χ1v) is 7.39. The molecule has 0 saturated carbocycles. The lowest BCUT2D eigenvalue weighted by Gasteiger charge is -2.39. The molecule has 2 atom stereocenters. The van der Waals surface area contributed by atoms with Crippen LogP contribution >= 0.6 is 0 Å². The van der Waals surface area contributed by atoms with Crippen molar-refractivity contribution < 1.29 is 9.47 Å². The van der Waals surface area contributed by atoms with Crippen LogP contribution in [-0.4, -0.2) is 36.7 Å². The van der Waals surface area contributed by atoms with Gasteiger partial charge in [0.2, 0.25) is 0 Å². The van der Waals surface area contributed by atoms with E-state index < -0.39 is 0 Å². The van der Waals surface area contributed by atoms with E-state index in [1.54, 1.807) is 7.11 Å². The second-order valence-corrected chi connectivity index (χ2v) is 6.31. The molecule has 1 fully saturated rings. The predicted octanol–water partition coefficient (Wildman–Crippen LogP) is 2.33. The van der Waals surface area contributed by atoms with Crippen molar-refractivity contribution in [1.82, 2.24) is 4.90 Å². The molecule has 0 amide bonds. The number of nitrogens with two attached hydrogens (primary N) is 1. The molecule has 0 aliphatic carbocycles. The molecule has 20 heavy (non-hydrogen) atoms. The lowest BCUT2D eigenvalue weighted by molar-refractivity contribution is 0.0408. The number of hydrogen-bond acceptors (Lipinski definition) is 4. The minimum absolute atomic E-state index is 0.0287. The van der Waals surface area contributed by atoms with Gasteiger partial charge in [-0.2, -0.15) is 0 Å². The Morgan fingerprint density at radius 1 is 1.45 bits per heavy atom. The quantitative estimate of drug-likeness (QED) is 0.900. The van der Waals surface area contributed by atoms with E-state index in [0.29, 0.717) is 6.04 Å². The van der Waals surface area contributed by atoms with Crippen LogP contribution in [0.25, 0.3) is 0 Å². The molecule has 3 rings (SSSR count). The van der Waals surface area contributed by atoms with Gasteiger partial charge in [-0.05, 0) is 32.0 Å². The summed E-state index contributed by atoms with van der Waals surface area (Å²) < 4.78 is 11.6. The Bertz CT molecular complexity index is 503. The van der Waals surface area contributed by atoms with Gasteiger partial charge >= 0.3 is 0 Å². The highest BCUT2D eigenvalue weighted by Crippen LogP contribution is 2.44. The van der Waals surface area contributed by atoms with Gasteiger partial charge in [-0.1, -0.05) is 0 Å². The molecular formula is C16H24N2O2. The molecular weight excluding hydrogens is 252 g/mol. The van der Waals surface area contributed by atoms with Crippen molar-refractivity contribution in [2.45, 2.75) is 44.4 Å². The SMILES string of the molecule is COc1ccc2c(c1)C(N)CC1(CCN(C(C)C)C1)O2. The number of fused-ring (bicyclic) bond motifs is 1. The zero-order valence-electron chi connectivity index (χ0n) is 12.6. The van der Waals surface area contributed by atoms with E-state index in [0.717, 1.165) is 43.0 Å². The van der Waals surface area contributed by atoms with Crippen LogP contribution in [0.3, 0.4) is 0 Å². The van der Waals surface area contributed by atoms with Gasteiger partial charge in [-0.15, -0.1) is 0 Å². The normalized spacial score (nSPS) is 29.6. The summed E-state index contributed by atoms with van der Waals surface area (Å²) in [5.74, 6) is 1.77. The predicted molar refractivity (Wildman–Crippen MR) is 79.2 cm³/mol. The highest BCUT2D eigenvalue weighted by molar-refractivity contribution is 5.44. The van der Waals surface area contributed by atoms with Crippen LogP contribution in [0.4, 0.5) is 0 Å². The van der Waals surface area contributed by atoms with E-state index in [2.05, 4.69) is 18.7 Å². The Morgan fingerprint density at radius 3 is 2.90 bits per heavy atom.